The maximum absolute atomic E-state index is 13.9. The van der Waals surface area contributed by atoms with E-state index < -0.39 is 0 Å². The van der Waals surface area contributed by atoms with E-state index in [1.807, 2.05) is 91.7 Å². The quantitative estimate of drug-likeness (QED) is 0.375. The highest BCUT2D eigenvalue weighted by Gasteiger charge is 2.35. The molecule has 0 saturated carbocycles. The van der Waals surface area contributed by atoms with Crippen molar-refractivity contribution in [1.29, 1.82) is 0 Å². The van der Waals surface area contributed by atoms with Crippen LogP contribution in [0.3, 0.4) is 0 Å². The van der Waals surface area contributed by atoms with Gasteiger partial charge >= 0.3 is 0 Å². The number of carbonyl (C=O) groups is 1. The van der Waals surface area contributed by atoms with Gasteiger partial charge in [-0.2, -0.15) is 0 Å². The number of aromatic nitrogens is 1. The minimum absolute atomic E-state index is 0.116. The summed E-state index contributed by atoms with van der Waals surface area (Å²) in [6.07, 6.45) is 0. The Morgan fingerprint density at radius 1 is 0.974 bits per heavy atom. The Morgan fingerprint density at radius 2 is 1.74 bits per heavy atom. The average Bonchev–Trinajstić information content (AvgIpc) is 3.54. The number of halogens is 1. The Morgan fingerprint density at radius 3 is 2.47 bits per heavy atom. The summed E-state index contributed by atoms with van der Waals surface area (Å²) in [7, 11) is 1.97. The van der Waals surface area contributed by atoms with Gasteiger partial charge in [-0.15, -0.1) is 11.3 Å². The number of para-hydroxylation sites is 2. The molecule has 10 heteroatoms. The number of hydrogen-bond donors (Lipinski definition) is 1. The summed E-state index contributed by atoms with van der Waals surface area (Å²) >= 11 is 6.40. The van der Waals surface area contributed by atoms with E-state index in [2.05, 4.69) is 27.4 Å². The first kappa shape index (κ1) is 24.7. The highest BCUT2D eigenvalue weighted by atomic mass is 79.9. The average molecular weight is 605 g/mol. The van der Waals surface area contributed by atoms with Crippen molar-refractivity contribution in [3.63, 3.8) is 0 Å². The molecule has 1 N–H and O–H groups in total. The lowest BCUT2D eigenvalue weighted by molar-refractivity contribution is -0.113. The van der Waals surface area contributed by atoms with Gasteiger partial charge in [-0.05, 0) is 49.4 Å². The first-order chi connectivity index (χ1) is 18.5. The van der Waals surface area contributed by atoms with E-state index in [4.69, 9.17) is 4.99 Å². The molecule has 2 aliphatic rings. The molecule has 2 aliphatic heterocycles. The lowest BCUT2D eigenvalue weighted by atomic mass is 10.2. The maximum atomic E-state index is 13.9. The van der Waals surface area contributed by atoms with Crippen molar-refractivity contribution in [3.05, 3.63) is 103 Å². The molecule has 3 heterocycles. The number of fused-ring (bicyclic) bond motifs is 1. The van der Waals surface area contributed by atoms with Crippen LogP contribution in [-0.2, 0) is 11.3 Å². The van der Waals surface area contributed by atoms with Gasteiger partial charge in [0.25, 0.3) is 11.5 Å². The summed E-state index contributed by atoms with van der Waals surface area (Å²) in [5.74, 6) is 0.133. The van der Waals surface area contributed by atoms with E-state index in [9.17, 15) is 9.59 Å². The molecule has 1 saturated heterocycles. The molecule has 0 aliphatic carbocycles. The fraction of sp³-hybridized carbons (Fsp3) is 0.107. The van der Waals surface area contributed by atoms with Gasteiger partial charge in [-0.25, -0.2) is 10.0 Å². The lowest BCUT2D eigenvalue weighted by Gasteiger charge is -2.14. The zero-order valence-electron chi connectivity index (χ0n) is 20.5. The molecule has 38 heavy (non-hydrogen) atoms. The van der Waals surface area contributed by atoms with Crippen LogP contribution < -0.4 is 30.1 Å². The first-order valence-electron chi connectivity index (χ1n) is 12.0. The van der Waals surface area contributed by atoms with Crippen LogP contribution in [0, 0.1) is 0 Å². The summed E-state index contributed by atoms with van der Waals surface area (Å²) < 4.78 is 3.73. The standard InChI is InChI=1S/C28H22BrN5O2S2/c1-3-33-26(36)23(28-32(2)20-14-7-8-15-21(20)37-28)38-27(33)22-24(30-18-11-9-10-17(29)16-18)31-34(25(22)35)19-12-5-4-6-13-19/h4-16H,3H2,1-2H3,(H,30,31). The Hall–Kier alpha value is -3.60. The number of carbonyl (C=O) groups excluding carboxylic acids is 1. The molecule has 0 radical (unpaired) electrons. The molecule has 1 aromatic heterocycles. The molecule has 0 atom stereocenters. The second-order valence-electron chi connectivity index (χ2n) is 8.62. The van der Waals surface area contributed by atoms with Crippen LogP contribution in [0.1, 0.15) is 6.92 Å². The van der Waals surface area contributed by atoms with E-state index in [1.165, 1.54) is 16.3 Å². The molecule has 6 rings (SSSR count). The molecule has 0 bridgehead atoms. The minimum Gasteiger partial charge on any atom is -0.337 e. The van der Waals surface area contributed by atoms with Crippen LogP contribution in [0.5, 0.6) is 0 Å². The zero-order valence-corrected chi connectivity index (χ0v) is 23.7. The highest BCUT2D eigenvalue weighted by Crippen LogP contribution is 2.45. The molecule has 1 fully saturated rings. The van der Waals surface area contributed by atoms with Crippen molar-refractivity contribution < 1.29 is 4.79 Å². The third kappa shape index (κ3) is 4.18. The van der Waals surface area contributed by atoms with Crippen LogP contribution >= 0.6 is 39.0 Å². The summed E-state index contributed by atoms with van der Waals surface area (Å²) in [6, 6.07) is 25.0. The van der Waals surface area contributed by atoms with E-state index >= 15 is 0 Å². The molecular weight excluding hydrogens is 582 g/mol. The largest absolute Gasteiger partial charge is 0.337 e. The topological polar surface area (TPSA) is 69.9 Å². The zero-order chi connectivity index (χ0) is 26.4. The number of hydrazine groups is 1. The predicted molar refractivity (Wildman–Crippen MR) is 159 cm³/mol. The van der Waals surface area contributed by atoms with Crippen LogP contribution in [0.2, 0.25) is 0 Å². The number of rotatable bonds is 3. The van der Waals surface area contributed by atoms with Crippen LogP contribution in [0.15, 0.2) is 98.0 Å². The second-order valence-corrected chi connectivity index (χ2v) is 11.6. The molecule has 7 nitrogen and oxygen atoms in total. The third-order valence-electron chi connectivity index (χ3n) is 6.28. The van der Waals surface area contributed by atoms with Gasteiger partial charge in [-0.1, -0.05) is 64.1 Å². The van der Waals surface area contributed by atoms with Gasteiger partial charge < -0.3 is 4.90 Å². The van der Waals surface area contributed by atoms with E-state index in [0.717, 1.165) is 20.1 Å². The molecule has 0 spiro atoms. The number of thiazole rings is 1. The molecular formula is C28H22BrN5O2S2. The van der Waals surface area contributed by atoms with E-state index in [0.29, 0.717) is 38.5 Å². The molecule has 1 amide bonds. The molecule has 190 valence electrons. The second kappa shape index (κ2) is 9.94. The molecule has 0 unspecified atom stereocenters. The third-order valence-corrected chi connectivity index (χ3v) is 9.33. The van der Waals surface area contributed by atoms with Crippen LogP contribution in [0.4, 0.5) is 17.1 Å². The van der Waals surface area contributed by atoms with Gasteiger partial charge in [0.05, 0.1) is 17.1 Å². The molecule has 4 aromatic rings. The van der Waals surface area contributed by atoms with Crippen molar-refractivity contribution in [2.24, 2.45) is 4.99 Å². The molecule has 3 aromatic carbocycles. The lowest BCUT2D eigenvalue weighted by Crippen LogP contribution is -2.35. The fourth-order valence-corrected chi connectivity index (χ4v) is 7.39. The Kier molecular flexibility index (Phi) is 6.46. The van der Waals surface area contributed by atoms with Crippen LogP contribution in [-0.4, -0.2) is 23.4 Å². The monoisotopic (exact) mass is 603 g/mol. The van der Waals surface area contributed by atoms with Crippen molar-refractivity contribution in [3.8, 4) is 0 Å². The number of aliphatic imine (C=N–C) groups is 1. The minimum atomic E-state index is -0.263. The van der Waals surface area contributed by atoms with Crippen molar-refractivity contribution in [1.82, 2.24) is 9.99 Å². The number of thioether (sulfide) groups is 1. The summed E-state index contributed by atoms with van der Waals surface area (Å²) in [5.41, 5.74) is 5.88. The van der Waals surface area contributed by atoms with Crippen molar-refractivity contribution in [2.45, 2.75) is 18.4 Å². The highest BCUT2D eigenvalue weighted by molar-refractivity contribution is 9.10. The Bertz CT molecular complexity index is 1800. The SMILES string of the molecule is CCn1c(=C2C(=O)N(c3ccccc3)NC2=Nc2cccc(Br)c2)sc(=C2Sc3ccccc3N2C)c1=O. The maximum Gasteiger partial charge on any atom is 0.283 e. The fourth-order valence-electron chi connectivity index (χ4n) is 4.45. The van der Waals surface area contributed by atoms with Crippen molar-refractivity contribution >= 4 is 78.4 Å². The van der Waals surface area contributed by atoms with Gasteiger partial charge in [0.15, 0.2) is 5.84 Å². The van der Waals surface area contributed by atoms with Gasteiger partial charge in [-0.3, -0.25) is 19.6 Å². The number of anilines is 2. The smallest absolute Gasteiger partial charge is 0.283 e. The van der Waals surface area contributed by atoms with Gasteiger partial charge in [0.1, 0.15) is 19.8 Å². The van der Waals surface area contributed by atoms with Crippen LogP contribution in [0.25, 0.3) is 10.6 Å². The predicted octanol–water partition coefficient (Wildman–Crippen LogP) is 4.43. The Labute approximate surface area is 235 Å². The Balaban J connectivity index is 1.62. The van der Waals surface area contributed by atoms with Crippen molar-refractivity contribution in [2.75, 3.05) is 17.0 Å². The first-order valence-corrected chi connectivity index (χ1v) is 14.4. The summed E-state index contributed by atoms with van der Waals surface area (Å²) in [6.45, 7) is 2.34. The summed E-state index contributed by atoms with van der Waals surface area (Å²) in [4.78, 5) is 35.6. The number of nitrogens with one attached hydrogen (secondary N) is 1. The number of amidine groups is 1. The number of benzene rings is 3. The number of hydrogen-bond acceptors (Lipinski definition) is 6. The number of amides is 1. The summed E-state index contributed by atoms with van der Waals surface area (Å²) in [5, 5.41) is 2.34. The normalized spacial score (nSPS) is 18.8. The van der Waals surface area contributed by atoms with Gasteiger partial charge in [0, 0.05) is 23.0 Å². The number of nitrogens with zero attached hydrogens (tertiary/aromatic N) is 4. The van der Waals surface area contributed by atoms with Gasteiger partial charge in [0.2, 0.25) is 0 Å². The van der Waals surface area contributed by atoms with E-state index in [1.54, 1.807) is 16.3 Å². The van der Waals surface area contributed by atoms with E-state index in [-0.39, 0.29) is 11.5 Å².